The van der Waals surface area contributed by atoms with Gasteiger partial charge in [-0.15, -0.1) is 0 Å². The van der Waals surface area contributed by atoms with Gasteiger partial charge >= 0.3 is 5.69 Å². The lowest BCUT2D eigenvalue weighted by Gasteiger charge is -2.03. The van der Waals surface area contributed by atoms with Crippen molar-refractivity contribution in [3.63, 3.8) is 0 Å². The molecule has 0 aromatic heterocycles. The molecule has 0 radical (unpaired) electrons. The molecule has 0 saturated carbocycles. The molecule has 7 nitrogen and oxygen atoms in total. The van der Waals surface area contributed by atoms with Gasteiger partial charge in [0, 0.05) is 0 Å². The van der Waals surface area contributed by atoms with E-state index >= 15 is 0 Å². The molecule has 0 amide bonds. The van der Waals surface area contributed by atoms with Crippen molar-refractivity contribution in [2.75, 3.05) is 0 Å². The average molecular weight is 211 g/mol. The molecule has 2 N–H and O–H groups in total. The Morgan fingerprint density at radius 3 is 1.80 bits per heavy atom. The van der Waals surface area contributed by atoms with E-state index < -0.39 is 33.2 Å². The molecule has 7 heteroatoms. The number of carbonyl (C=O) groups is 2. The van der Waals surface area contributed by atoms with Crippen LogP contribution in [-0.2, 0) is 0 Å². The van der Waals surface area contributed by atoms with Crippen molar-refractivity contribution in [1.82, 2.24) is 0 Å². The zero-order valence-corrected chi connectivity index (χ0v) is 7.21. The lowest BCUT2D eigenvalue weighted by atomic mass is 10.1. The number of nitro groups is 1. The molecule has 0 aliphatic heterocycles. The van der Waals surface area contributed by atoms with Crippen LogP contribution in [0.25, 0.3) is 0 Å². The number of rotatable bonds is 3. The maximum absolute atomic E-state index is 10.4. The molecule has 0 spiro atoms. The minimum Gasteiger partial charge on any atom is -0.501 e. The molecule has 0 atom stereocenters. The largest absolute Gasteiger partial charge is 0.501 e. The summed E-state index contributed by atoms with van der Waals surface area (Å²) in [4.78, 5) is 30.2. The van der Waals surface area contributed by atoms with E-state index in [0.29, 0.717) is 0 Å². The van der Waals surface area contributed by atoms with Gasteiger partial charge in [0.15, 0.2) is 12.6 Å². The molecule has 0 heterocycles. The van der Waals surface area contributed by atoms with Crippen molar-refractivity contribution < 1.29 is 24.7 Å². The highest BCUT2D eigenvalue weighted by molar-refractivity contribution is 5.91. The lowest BCUT2D eigenvalue weighted by molar-refractivity contribution is -0.386. The van der Waals surface area contributed by atoms with Gasteiger partial charge in [0.1, 0.15) is 0 Å². The zero-order chi connectivity index (χ0) is 11.6. The van der Waals surface area contributed by atoms with Crippen molar-refractivity contribution in [2.45, 2.75) is 0 Å². The average Bonchev–Trinajstić information content (AvgIpc) is 2.18. The first-order valence-corrected chi connectivity index (χ1v) is 3.66. The second kappa shape index (κ2) is 3.74. The standard InChI is InChI=1S/C8H5NO6/c10-2-4-1-5(3-11)8(13)6(7(4)12)9(14)15/h1-3,12-13H. The van der Waals surface area contributed by atoms with Gasteiger partial charge in [-0.1, -0.05) is 0 Å². The van der Waals surface area contributed by atoms with Crippen molar-refractivity contribution in [3.05, 3.63) is 27.3 Å². The van der Waals surface area contributed by atoms with Gasteiger partial charge in [-0.2, -0.15) is 0 Å². The number of nitrogens with zero attached hydrogens (tertiary/aromatic N) is 1. The summed E-state index contributed by atoms with van der Waals surface area (Å²) in [6.07, 6.45) is 0.295. The van der Waals surface area contributed by atoms with Crippen LogP contribution in [0, 0.1) is 10.1 Å². The van der Waals surface area contributed by atoms with E-state index in [4.69, 9.17) is 0 Å². The summed E-state index contributed by atoms with van der Waals surface area (Å²) in [7, 11) is 0. The highest BCUT2D eigenvalue weighted by atomic mass is 16.6. The Morgan fingerprint density at radius 1 is 1.13 bits per heavy atom. The maximum Gasteiger partial charge on any atom is 0.353 e. The molecule has 1 aromatic carbocycles. The van der Waals surface area contributed by atoms with E-state index in [-0.39, 0.29) is 12.6 Å². The van der Waals surface area contributed by atoms with Crippen LogP contribution in [0.5, 0.6) is 11.5 Å². The monoisotopic (exact) mass is 211 g/mol. The third kappa shape index (κ3) is 1.62. The summed E-state index contributed by atoms with van der Waals surface area (Å²) in [5, 5.41) is 28.9. The van der Waals surface area contributed by atoms with Gasteiger partial charge in [0.05, 0.1) is 16.1 Å². The fourth-order valence-electron chi connectivity index (χ4n) is 1.04. The molecule has 0 aliphatic rings. The molecular formula is C8H5NO6. The summed E-state index contributed by atoms with van der Waals surface area (Å²) < 4.78 is 0. The van der Waals surface area contributed by atoms with Crippen molar-refractivity contribution in [3.8, 4) is 11.5 Å². The summed E-state index contributed by atoms with van der Waals surface area (Å²) in [5.41, 5.74) is -1.91. The third-order valence-corrected chi connectivity index (χ3v) is 1.74. The first-order chi connectivity index (χ1) is 7.02. The van der Waals surface area contributed by atoms with Crippen LogP contribution < -0.4 is 0 Å². The van der Waals surface area contributed by atoms with E-state index in [9.17, 15) is 29.9 Å². The fraction of sp³-hybridized carbons (Fsp3) is 0. The van der Waals surface area contributed by atoms with Gasteiger partial charge in [-0.05, 0) is 6.07 Å². The smallest absolute Gasteiger partial charge is 0.353 e. The zero-order valence-electron chi connectivity index (χ0n) is 7.21. The lowest BCUT2D eigenvalue weighted by Crippen LogP contribution is -1.96. The van der Waals surface area contributed by atoms with Crippen LogP contribution in [0.4, 0.5) is 5.69 Å². The van der Waals surface area contributed by atoms with Crippen LogP contribution in [0.1, 0.15) is 20.7 Å². The van der Waals surface area contributed by atoms with Gasteiger partial charge in [-0.3, -0.25) is 19.7 Å². The summed E-state index contributed by atoms with van der Waals surface area (Å²) in [6, 6.07) is 0.859. The van der Waals surface area contributed by atoms with Crippen LogP contribution in [0.15, 0.2) is 6.07 Å². The minimum atomic E-state index is -1.08. The number of benzene rings is 1. The number of phenols is 2. The summed E-state index contributed by atoms with van der Waals surface area (Å²) in [5.74, 6) is -1.92. The van der Waals surface area contributed by atoms with Crippen LogP contribution >= 0.6 is 0 Å². The van der Waals surface area contributed by atoms with E-state index in [2.05, 4.69) is 0 Å². The number of aldehydes is 2. The second-order valence-electron chi connectivity index (χ2n) is 2.59. The van der Waals surface area contributed by atoms with Gasteiger partial charge in [0.2, 0.25) is 11.5 Å². The maximum atomic E-state index is 10.4. The SMILES string of the molecule is O=Cc1cc(C=O)c(O)c([N+](=O)[O-])c1O. The highest BCUT2D eigenvalue weighted by Crippen LogP contribution is 2.39. The molecule has 0 bridgehead atoms. The number of hydrogen-bond acceptors (Lipinski definition) is 6. The van der Waals surface area contributed by atoms with E-state index in [1.165, 1.54) is 0 Å². The van der Waals surface area contributed by atoms with E-state index in [1.54, 1.807) is 0 Å². The number of phenolic OH excluding ortho intramolecular Hbond substituents is 2. The number of hydrogen-bond donors (Lipinski definition) is 2. The highest BCUT2D eigenvalue weighted by Gasteiger charge is 2.26. The first kappa shape index (κ1) is 10.6. The number of aromatic hydroxyl groups is 2. The quantitative estimate of drug-likeness (QED) is 0.430. The number of carbonyl (C=O) groups excluding carboxylic acids is 2. The Bertz CT molecular complexity index is 421. The normalized spacial score (nSPS) is 9.60. The van der Waals surface area contributed by atoms with Crippen LogP contribution in [0.3, 0.4) is 0 Å². The topological polar surface area (TPSA) is 118 Å². The molecule has 1 rings (SSSR count). The molecule has 15 heavy (non-hydrogen) atoms. The molecule has 0 aliphatic carbocycles. The summed E-state index contributed by atoms with van der Waals surface area (Å²) in [6.45, 7) is 0. The molecule has 1 aromatic rings. The van der Waals surface area contributed by atoms with E-state index in [1.807, 2.05) is 0 Å². The van der Waals surface area contributed by atoms with Crippen molar-refractivity contribution in [2.24, 2.45) is 0 Å². The van der Waals surface area contributed by atoms with E-state index in [0.717, 1.165) is 6.07 Å². The Morgan fingerprint density at radius 2 is 1.53 bits per heavy atom. The molecule has 0 saturated heterocycles. The predicted molar refractivity (Wildman–Crippen MR) is 47.2 cm³/mol. The van der Waals surface area contributed by atoms with Gasteiger partial charge in [0.25, 0.3) is 0 Å². The van der Waals surface area contributed by atoms with Crippen molar-refractivity contribution in [1.29, 1.82) is 0 Å². The number of nitro benzene ring substituents is 1. The van der Waals surface area contributed by atoms with Crippen LogP contribution in [0.2, 0.25) is 0 Å². The van der Waals surface area contributed by atoms with Crippen molar-refractivity contribution >= 4 is 18.3 Å². The Balaban J connectivity index is 3.67. The summed E-state index contributed by atoms with van der Waals surface area (Å²) >= 11 is 0. The third-order valence-electron chi connectivity index (χ3n) is 1.74. The Kier molecular flexibility index (Phi) is 2.65. The molecular weight excluding hydrogens is 206 g/mol. The minimum absolute atomic E-state index is 0.148. The molecule has 0 unspecified atom stereocenters. The molecule has 78 valence electrons. The van der Waals surface area contributed by atoms with Gasteiger partial charge in [-0.25, -0.2) is 0 Å². The first-order valence-electron chi connectivity index (χ1n) is 3.66. The second-order valence-corrected chi connectivity index (χ2v) is 2.59. The fourth-order valence-corrected chi connectivity index (χ4v) is 1.04. The Labute approximate surface area is 82.7 Å². The Hall–Kier alpha value is -2.44. The van der Waals surface area contributed by atoms with Crippen LogP contribution in [-0.4, -0.2) is 27.7 Å². The predicted octanol–water partition coefficient (Wildman–Crippen LogP) is 0.631. The molecule has 0 fully saturated rings. The van der Waals surface area contributed by atoms with Gasteiger partial charge < -0.3 is 10.2 Å².